The van der Waals surface area contributed by atoms with Crippen LogP contribution in [0.3, 0.4) is 0 Å². The van der Waals surface area contributed by atoms with E-state index in [0.717, 1.165) is 12.8 Å². The summed E-state index contributed by atoms with van der Waals surface area (Å²) in [5.74, 6) is -1.42. The van der Waals surface area contributed by atoms with Crippen LogP contribution in [0.4, 0.5) is 0 Å². The average molecular weight is 354 g/mol. The lowest BCUT2D eigenvalue weighted by atomic mass is 10.0. The number of carbonyl (C=O) groups excluding carboxylic acids is 1. The number of nitrogens with one attached hydrogen (secondary N) is 1. The largest absolute Gasteiger partial charge is 0.480 e. The third-order valence-corrected chi connectivity index (χ3v) is 4.47. The highest BCUT2D eigenvalue weighted by atomic mass is 16.4. The predicted molar refractivity (Wildman–Crippen MR) is 105 cm³/mol. The third kappa shape index (κ3) is 14.7. The van der Waals surface area contributed by atoms with Crippen LogP contribution < -0.4 is 5.32 Å². The molecule has 25 heavy (non-hydrogen) atoms. The summed E-state index contributed by atoms with van der Waals surface area (Å²) < 4.78 is 0. The van der Waals surface area contributed by atoms with E-state index in [1.807, 2.05) is 6.08 Å². The molecule has 1 atom stereocenters. The number of allylic oxidation sites excluding steroid dienone is 1. The highest BCUT2D eigenvalue weighted by Gasteiger charge is 2.22. The van der Waals surface area contributed by atoms with Crippen LogP contribution in [0.25, 0.3) is 0 Å². The van der Waals surface area contributed by atoms with Crippen LogP contribution in [-0.2, 0) is 9.59 Å². The maximum atomic E-state index is 11.7. The first-order chi connectivity index (χ1) is 12.0. The summed E-state index contributed by atoms with van der Waals surface area (Å²) in [7, 11) is 0. The van der Waals surface area contributed by atoms with Gasteiger partial charge in [0.2, 0.25) is 5.91 Å². The molecule has 0 fully saturated rings. The standard InChI is InChI=1S/C21H39NO3/c1-4-5-6-7-8-9-10-11-12-13-14-15-16-17-19(23)22-20(18(2)3)21(24)25/h16-18,20H,4-15H2,1-3H3,(H,22,23)(H,24,25)/t20-/m0/s1. The van der Waals surface area contributed by atoms with Crippen molar-refractivity contribution in [3.05, 3.63) is 12.2 Å². The van der Waals surface area contributed by atoms with Gasteiger partial charge in [-0.05, 0) is 24.8 Å². The van der Waals surface area contributed by atoms with Crippen LogP contribution in [0.15, 0.2) is 12.2 Å². The van der Waals surface area contributed by atoms with Crippen LogP contribution in [0.1, 0.15) is 97.8 Å². The first kappa shape index (κ1) is 23.7. The summed E-state index contributed by atoms with van der Waals surface area (Å²) in [6, 6.07) is -0.820. The van der Waals surface area contributed by atoms with Gasteiger partial charge >= 0.3 is 5.97 Å². The number of unbranched alkanes of at least 4 members (excludes halogenated alkanes) is 11. The van der Waals surface area contributed by atoms with Gasteiger partial charge in [-0.3, -0.25) is 4.79 Å². The lowest BCUT2D eigenvalue weighted by Crippen LogP contribution is -2.43. The molecule has 1 amide bonds. The number of aliphatic carboxylic acids is 1. The summed E-state index contributed by atoms with van der Waals surface area (Å²) in [6.45, 7) is 5.82. The lowest BCUT2D eigenvalue weighted by molar-refractivity contribution is -0.142. The van der Waals surface area contributed by atoms with Gasteiger partial charge < -0.3 is 10.4 Å². The number of carbonyl (C=O) groups is 2. The van der Waals surface area contributed by atoms with Gasteiger partial charge in [0.1, 0.15) is 6.04 Å². The Morgan fingerprint density at radius 1 is 0.880 bits per heavy atom. The van der Waals surface area contributed by atoms with Crippen molar-refractivity contribution in [3.8, 4) is 0 Å². The van der Waals surface area contributed by atoms with Crippen LogP contribution in [0.5, 0.6) is 0 Å². The van der Waals surface area contributed by atoms with Crippen molar-refractivity contribution in [2.45, 2.75) is 104 Å². The molecule has 0 aliphatic heterocycles. The molecule has 0 saturated carbocycles. The first-order valence-corrected chi connectivity index (χ1v) is 10.2. The van der Waals surface area contributed by atoms with Crippen molar-refractivity contribution >= 4 is 11.9 Å². The first-order valence-electron chi connectivity index (χ1n) is 10.2. The number of hydrogen-bond donors (Lipinski definition) is 2. The van der Waals surface area contributed by atoms with Crippen LogP contribution in [0, 0.1) is 5.92 Å². The van der Waals surface area contributed by atoms with Gasteiger partial charge in [-0.15, -0.1) is 0 Å². The molecule has 0 aromatic heterocycles. The zero-order chi connectivity index (χ0) is 18.9. The lowest BCUT2D eigenvalue weighted by Gasteiger charge is -2.16. The van der Waals surface area contributed by atoms with Crippen LogP contribution in [-0.4, -0.2) is 23.0 Å². The smallest absolute Gasteiger partial charge is 0.326 e. The Kier molecular flexibility index (Phi) is 15.3. The van der Waals surface area contributed by atoms with Crippen LogP contribution >= 0.6 is 0 Å². The number of amides is 1. The zero-order valence-electron chi connectivity index (χ0n) is 16.6. The summed E-state index contributed by atoms with van der Waals surface area (Å²) in [5, 5.41) is 11.6. The van der Waals surface area contributed by atoms with Crippen molar-refractivity contribution in [2.24, 2.45) is 5.92 Å². The van der Waals surface area contributed by atoms with Gasteiger partial charge in [-0.1, -0.05) is 91.1 Å². The Balaban J connectivity index is 3.54. The Labute approximate surface area is 154 Å². The minimum atomic E-state index is -0.984. The predicted octanol–water partition coefficient (Wildman–Crippen LogP) is 5.47. The number of hydrogen-bond acceptors (Lipinski definition) is 2. The fourth-order valence-corrected chi connectivity index (χ4v) is 2.83. The minimum Gasteiger partial charge on any atom is -0.480 e. The maximum absolute atomic E-state index is 11.7. The number of carboxylic acid groups (broad SMARTS) is 1. The summed E-state index contributed by atoms with van der Waals surface area (Å²) in [6.07, 6.45) is 18.6. The second-order valence-electron chi connectivity index (χ2n) is 7.30. The van der Waals surface area contributed by atoms with E-state index in [-0.39, 0.29) is 11.8 Å². The molecule has 0 aliphatic carbocycles. The van der Waals surface area contributed by atoms with Crippen molar-refractivity contribution < 1.29 is 14.7 Å². The molecule has 4 nitrogen and oxygen atoms in total. The molecule has 0 aromatic rings. The SMILES string of the molecule is CCCCCCCCCCCCCC=CC(=O)N[C@H](C(=O)O)C(C)C. The van der Waals surface area contributed by atoms with E-state index in [1.165, 1.54) is 70.3 Å². The van der Waals surface area contributed by atoms with Gasteiger partial charge in [-0.2, -0.15) is 0 Å². The van der Waals surface area contributed by atoms with Crippen molar-refractivity contribution in [1.29, 1.82) is 0 Å². The Morgan fingerprint density at radius 3 is 1.80 bits per heavy atom. The number of rotatable bonds is 16. The molecule has 0 aromatic carbocycles. The molecular weight excluding hydrogens is 314 g/mol. The topological polar surface area (TPSA) is 66.4 Å². The van der Waals surface area contributed by atoms with E-state index in [1.54, 1.807) is 13.8 Å². The monoisotopic (exact) mass is 353 g/mol. The molecule has 0 bridgehead atoms. The zero-order valence-corrected chi connectivity index (χ0v) is 16.6. The summed E-state index contributed by atoms with van der Waals surface area (Å²) in [5.41, 5.74) is 0. The van der Waals surface area contributed by atoms with Gasteiger partial charge in [-0.25, -0.2) is 4.79 Å². The molecule has 0 unspecified atom stereocenters. The average Bonchev–Trinajstić information content (AvgIpc) is 2.56. The molecule has 0 spiro atoms. The van der Waals surface area contributed by atoms with E-state index in [2.05, 4.69) is 12.2 Å². The van der Waals surface area contributed by atoms with Crippen molar-refractivity contribution in [1.82, 2.24) is 5.32 Å². The Bertz CT molecular complexity index is 377. The number of carboxylic acids is 1. The summed E-state index contributed by atoms with van der Waals surface area (Å²) in [4.78, 5) is 22.7. The second kappa shape index (κ2) is 16.2. The van der Waals surface area contributed by atoms with E-state index < -0.39 is 12.0 Å². The van der Waals surface area contributed by atoms with Gasteiger partial charge in [0.25, 0.3) is 0 Å². The molecule has 0 aliphatic rings. The Hall–Kier alpha value is -1.32. The highest BCUT2D eigenvalue weighted by Crippen LogP contribution is 2.12. The third-order valence-electron chi connectivity index (χ3n) is 4.47. The fourth-order valence-electron chi connectivity index (χ4n) is 2.83. The normalized spacial score (nSPS) is 12.6. The maximum Gasteiger partial charge on any atom is 0.326 e. The van der Waals surface area contributed by atoms with Gasteiger partial charge in [0, 0.05) is 0 Å². The summed E-state index contributed by atoms with van der Waals surface area (Å²) >= 11 is 0. The van der Waals surface area contributed by atoms with Crippen molar-refractivity contribution in [3.63, 3.8) is 0 Å². The molecule has 0 heterocycles. The van der Waals surface area contributed by atoms with E-state index in [9.17, 15) is 9.59 Å². The highest BCUT2D eigenvalue weighted by molar-refractivity contribution is 5.91. The van der Waals surface area contributed by atoms with Gasteiger partial charge in [0.15, 0.2) is 0 Å². The molecule has 0 radical (unpaired) electrons. The molecule has 0 saturated heterocycles. The molecule has 146 valence electrons. The van der Waals surface area contributed by atoms with E-state index >= 15 is 0 Å². The van der Waals surface area contributed by atoms with E-state index in [0.29, 0.717) is 0 Å². The quantitative estimate of drug-likeness (QED) is 0.286. The minimum absolute atomic E-state index is 0.124. The fraction of sp³-hybridized carbons (Fsp3) is 0.810. The molecule has 2 N–H and O–H groups in total. The second-order valence-corrected chi connectivity index (χ2v) is 7.30. The molecule has 0 rings (SSSR count). The molecular formula is C21H39NO3. The van der Waals surface area contributed by atoms with E-state index in [4.69, 9.17) is 5.11 Å². The molecule has 4 heteroatoms. The van der Waals surface area contributed by atoms with Crippen LogP contribution in [0.2, 0.25) is 0 Å². The Morgan fingerprint density at radius 2 is 1.36 bits per heavy atom. The van der Waals surface area contributed by atoms with Crippen molar-refractivity contribution in [2.75, 3.05) is 0 Å². The van der Waals surface area contributed by atoms with Gasteiger partial charge in [0.05, 0.1) is 0 Å².